The number of H-pyrrole nitrogens is 2. The number of hydrogen-bond donors (Lipinski definition) is 2. The van der Waals surface area contributed by atoms with Crippen LogP contribution in [0.1, 0.15) is 19.0 Å². The standard InChI is InChI=1S/C14H15N5O2/c1-3-7-19-12-10(13(20)18-14(19)21)16-11(17-12)9-6-4-5-8(2)15-9/h4-6H,3,7H2,1-2H3,(H,16,17)(H,18,20,21). The van der Waals surface area contributed by atoms with Gasteiger partial charge < -0.3 is 4.98 Å². The van der Waals surface area contributed by atoms with E-state index < -0.39 is 11.2 Å². The molecule has 3 heterocycles. The molecule has 0 aromatic carbocycles. The molecule has 0 radical (unpaired) electrons. The first kappa shape index (κ1) is 13.3. The number of aromatic nitrogens is 5. The number of pyridine rings is 1. The largest absolute Gasteiger partial charge is 0.331 e. The summed E-state index contributed by atoms with van der Waals surface area (Å²) in [5.74, 6) is 0.481. The van der Waals surface area contributed by atoms with Crippen LogP contribution in [0.3, 0.4) is 0 Å². The number of aromatic amines is 2. The van der Waals surface area contributed by atoms with Crippen LogP contribution in [0.5, 0.6) is 0 Å². The van der Waals surface area contributed by atoms with Crippen molar-refractivity contribution < 1.29 is 0 Å². The summed E-state index contributed by atoms with van der Waals surface area (Å²) in [6.45, 7) is 4.34. The van der Waals surface area contributed by atoms with Gasteiger partial charge in [0.15, 0.2) is 11.5 Å². The molecular weight excluding hydrogens is 270 g/mol. The maximum atomic E-state index is 11.9. The smallest absolute Gasteiger partial charge is 0.330 e. The topological polar surface area (TPSA) is 96.4 Å². The molecule has 3 aromatic rings. The Hall–Kier alpha value is -2.70. The van der Waals surface area contributed by atoms with Crippen LogP contribution in [0.15, 0.2) is 27.8 Å². The lowest BCUT2D eigenvalue weighted by atomic mass is 10.3. The van der Waals surface area contributed by atoms with Gasteiger partial charge in [-0.25, -0.2) is 14.8 Å². The molecular formula is C14H15N5O2. The summed E-state index contributed by atoms with van der Waals surface area (Å²) < 4.78 is 1.46. The highest BCUT2D eigenvalue weighted by Crippen LogP contribution is 2.16. The first-order chi connectivity index (χ1) is 10.1. The number of hydrogen-bond acceptors (Lipinski definition) is 4. The molecule has 108 valence electrons. The third kappa shape index (κ3) is 2.26. The Morgan fingerprint density at radius 1 is 1.19 bits per heavy atom. The fourth-order valence-corrected chi connectivity index (χ4v) is 2.27. The second-order valence-electron chi connectivity index (χ2n) is 4.86. The zero-order chi connectivity index (χ0) is 15.0. The van der Waals surface area contributed by atoms with Crippen LogP contribution in [-0.4, -0.2) is 24.5 Å². The number of rotatable bonds is 3. The van der Waals surface area contributed by atoms with Gasteiger partial charge in [0, 0.05) is 12.2 Å². The number of nitrogens with zero attached hydrogens (tertiary/aromatic N) is 3. The van der Waals surface area contributed by atoms with Gasteiger partial charge in [0.2, 0.25) is 0 Å². The molecule has 0 unspecified atom stereocenters. The predicted octanol–water partition coefficient (Wildman–Crippen LogP) is 1.19. The molecule has 0 fully saturated rings. The minimum Gasteiger partial charge on any atom is -0.331 e. The van der Waals surface area contributed by atoms with Gasteiger partial charge in [-0.05, 0) is 25.5 Å². The lowest BCUT2D eigenvalue weighted by Crippen LogP contribution is -2.30. The van der Waals surface area contributed by atoms with Gasteiger partial charge >= 0.3 is 5.69 Å². The molecule has 0 saturated carbocycles. The van der Waals surface area contributed by atoms with Gasteiger partial charge in [-0.15, -0.1) is 0 Å². The van der Waals surface area contributed by atoms with Crippen LogP contribution in [0.2, 0.25) is 0 Å². The summed E-state index contributed by atoms with van der Waals surface area (Å²) in [7, 11) is 0. The molecule has 3 rings (SSSR count). The molecule has 0 aliphatic carbocycles. The Labute approximate surface area is 119 Å². The molecule has 0 aliphatic rings. The molecule has 3 aromatic heterocycles. The second kappa shape index (κ2) is 5.01. The van der Waals surface area contributed by atoms with Crippen molar-refractivity contribution in [3.8, 4) is 11.5 Å². The van der Waals surface area contributed by atoms with Crippen LogP contribution < -0.4 is 11.2 Å². The van der Waals surface area contributed by atoms with Crippen molar-refractivity contribution >= 4 is 11.2 Å². The van der Waals surface area contributed by atoms with Gasteiger partial charge in [-0.2, -0.15) is 0 Å². The molecule has 0 spiro atoms. The molecule has 7 nitrogen and oxygen atoms in total. The van der Waals surface area contributed by atoms with Gasteiger partial charge in [-0.1, -0.05) is 13.0 Å². The first-order valence-electron chi connectivity index (χ1n) is 6.77. The highest BCUT2D eigenvalue weighted by Gasteiger charge is 2.14. The van der Waals surface area contributed by atoms with Crippen molar-refractivity contribution in [3.05, 3.63) is 44.7 Å². The van der Waals surface area contributed by atoms with E-state index in [9.17, 15) is 9.59 Å². The fraction of sp³-hybridized carbons (Fsp3) is 0.286. The van der Waals surface area contributed by atoms with Crippen LogP contribution in [0.4, 0.5) is 0 Å². The Balaban J connectivity index is 2.29. The molecule has 0 aliphatic heterocycles. The summed E-state index contributed by atoms with van der Waals surface area (Å²) in [5, 5.41) is 0. The van der Waals surface area contributed by atoms with E-state index in [1.165, 1.54) is 4.57 Å². The van der Waals surface area contributed by atoms with Crippen molar-refractivity contribution in [3.63, 3.8) is 0 Å². The molecule has 2 N–H and O–H groups in total. The quantitative estimate of drug-likeness (QED) is 0.755. The Bertz CT molecular complexity index is 919. The molecule has 0 atom stereocenters. The first-order valence-corrected chi connectivity index (χ1v) is 6.77. The van der Waals surface area contributed by atoms with Crippen molar-refractivity contribution in [1.82, 2.24) is 24.5 Å². The zero-order valence-corrected chi connectivity index (χ0v) is 11.8. The minimum atomic E-state index is -0.464. The molecule has 0 saturated heterocycles. The van der Waals surface area contributed by atoms with Crippen LogP contribution in [-0.2, 0) is 6.54 Å². The normalized spacial score (nSPS) is 11.1. The molecule has 0 bridgehead atoms. The number of aryl methyl sites for hydroxylation is 2. The van der Waals surface area contributed by atoms with Crippen molar-refractivity contribution in [2.24, 2.45) is 0 Å². The van der Waals surface area contributed by atoms with Gasteiger partial charge in [-0.3, -0.25) is 14.3 Å². The number of imidazole rings is 1. The van der Waals surface area contributed by atoms with Crippen molar-refractivity contribution in [2.75, 3.05) is 0 Å². The molecule has 0 amide bonds. The van der Waals surface area contributed by atoms with Crippen LogP contribution >= 0.6 is 0 Å². The maximum Gasteiger partial charge on any atom is 0.330 e. The lowest BCUT2D eigenvalue weighted by molar-refractivity contribution is 0.653. The van der Waals surface area contributed by atoms with Crippen molar-refractivity contribution in [2.45, 2.75) is 26.8 Å². The summed E-state index contributed by atoms with van der Waals surface area (Å²) in [6, 6.07) is 5.56. The van der Waals surface area contributed by atoms with Gasteiger partial charge in [0.05, 0.1) is 0 Å². The summed E-state index contributed by atoms with van der Waals surface area (Å²) in [4.78, 5) is 37.8. The number of fused-ring (bicyclic) bond motifs is 1. The third-order valence-electron chi connectivity index (χ3n) is 3.21. The fourth-order valence-electron chi connectivity index (χ4n) is 2.27. The van der Waals surface area contributed by atoms with E-state index in [1.54, 1.807) is 6.07 Å². The minimum absolute atomic E-state index is 0.293. The highest BCUT2D eigenvalue weighted by atomic mass is 16.2. The molecule has 7 heteroatoms. The van der Waals surface area contributed by atoms with Crippen molar-refractivity contribution in [1.29, 1.82) is 0 Å². The van der Waals surface area contributed by atoms with E-state index in [4.69, 9.17) is 0 Å². The molecule has 21 heavy (non-hydrogen) atoms. The summed E-state index contributed by atoms with van der Waals surface area (Å²) >= 11 is 0. The van der Waals surface area contributed by atoms with E-state index in [2.05, 4.69) is 19.9 Å². The SMILES string of the molecule is CCCn1c(=O)[nH]c(=O)c2[nH]c(-c3cccc(C)n3)nc21. The second-order valence-corrected chi connectivity index (χ2v) is 4.86. The van der Waals surface area contributed by atoms with E-state index >= 15 is 0 Å². The van der Waals surface area contributed by atoms with Gasteiger partial charge in [0.1, 0.15) is 11.2 Å². The number of nitrogens with one attached hydrogen (secondary N) is 2. The maximum absolute atomic E-state index is 11.9. The average molecular weight is 285 g/mol. The zero-order valence-electron chi connectivity index (χ0n) is 11.8. The van der Waals surface area contributed by atoms with E-state index in [1.807, 2.05) is 26.0 Å². The van der Waals surface area contributed by atoms with Crippen LogP contribution in [0, 0.1) is 6.92 Å². The Kier molecular flexibility index (Phi) is 3.17. The average Bonchev–Trinajstić information content (AvgIpc) is 2.89. The summed E-state index contributed by atoms with van der Waals surface area (Å²) in [5.41, 5.74) is 1.25. The van der Waals surface area contributed by atoms with E-state index in [0.29, 0.717) is 29.2 Å². The summed E-state index contributed by atoms with van der Waals surface area (Å²) in [6.07, 6.45) is 0.770. The lowest BCUT2D eigenvalue weighted by Gasteiger charge is -2.02. The van der Waals surface area contributed by atoms with E-state index in [-0.39, 0.29) is 0 Å². The Morgan fingerprint density at radius 3 is 2.71 bits per heavy atom. The van der Waals surface area contributed by atoms with Crippen LogP contribution in [0.25, 0.3) is 22.7 Å². The van der Waals surface area contributed by atoms with Gasteiger partial charge in [0.25, 0.3) is 5.56 Å². The monoisotopic (exact) mass is 285 g/mol. The van der Waals surface area contributed by atoms with E-state index in [0.717, 1.165) is 12.1 Å². The predicted molar refractivity (Wildman–Crippen MR) is 79.2 cm³/mol. The highest BCUT2D eigenvalue weighted by molar-refractivity contribution is 5.74. The third-order valence-corrected chi connectivity index (χ3v) is 3.21. The Morgan fingerprint density at radius 2 is 2.00 bits per heavy atom.